The van der Waals surface area contributed by atoms with E-state index < -0.39 is 4.92 Å². The number of hydrogen-bond acceptors (Lipinski definition) is 4. The van der Waals surface area contributed by atoms with Crippen molar-refractivity contribution in [2.45, 2.75) is 26.7 Å². The van der Waals surface area contributed by atoms with Gasteiger partial charge in [0.05, 0.1) is 10.6 Å². The predicted molar refractivity (Wildman–Crippen MR) is 85.4 cm³/mol. The number of rotatable bonds is 4. The van der Waals surface area contributed by atoms with Crippen molar-refractivity contribution in [3.8, 4) is 0 Å². The molecule has 0 fully saturated rings. The van der Waals surface area contributed by atoms with Crippen LogP contribution in [0.25, 0.3) is 0 Å². The fourth-order valence-electron chi connectivity index (χ4n) is 2.28. The Hall–Kier alpha value is -2.43. The Bertz CT molecular complexity index is 632. The SMILES string of the molecule is C=C(C)[C@H]1CC=C(C)/C(=N\Nc2ccccc2[N+](=O)[O-])C1. The van der Waals surface area contributed by atoms with Crippen LogP contribution in [-0.2, 0) is 0 Å². The van der Waals surface area contributed by atoms with Gasteiger partial charge in [0.25, 0.3) is 5.69 Å². The first-order valence-corrected chi connectivity index (χ1v) is 6.87. The maximum atomic E-state index is 11.0. The first-order valence-electron chi connectivity index (χ1n) is 6.87. The van der Waals surface area contributed by atoms with Gasteiger partial charge in [0.15, 0.2) is 0 Å². The second kappa shape index (κ2) is 6.35. The Kier molecular flexibility index (Phi) is 4.52. The van der Waals surface area contributed by atoms with Crippen molar-refractivity contribution in [1.82, 2.24) is 0 Å². The highest BCUT2D eigenvalue weighted by atomic mass is 16.6. The molecule has 2 rings (SSSR count). The number of hydrogen-bond donors (Lipinski definition) is 1. The number of allylic oxidation sites excluding steroid dienone is 3. The molecule has 0 aromatic heterocycles. The monoisotopic (exact) mass is 285 g/mol. The zero-order valence-corrected chi connectivity index (χ0v) is 12.3. The summed E-state index contributed by atoms with van der Waals surface area (Å²) in [5, 5.41) is 15.3. The summed E-state index contributed by atoms with van der Waals surface area (Å²) in [5.74, 6) is 0.389. The minimum absolute atomic E-state index is 0.0238. The maximum Gasteiger partial charge on any atom is 0.294 e. The smallest absolute Gasteiger partial charge is 0.271 e. The summed E-state index contributed by atoms with van der Waals surface area (Å²) in [4.78, 5) is 10.6. The highest BCUT2D eigenvalue weighted by Crippen LogP contribution is 2.28. The van der Waals surface area contributed by atoms with Crippen molar-refractivity contribution in [3.63, 3.8) is 0 Å². The Morgan fingerprint density at radius 2 is 2.19 bits per heavy atom. The van der Waals surface area contributed by atoms with E-state index in [1.165, 1.54) is 6.07 Å². The lowest BCUT2D eigenvalue weighted by atomic mass is 9.85. The molecule has 0 saturated carbocycles. The van der Waals surface area contributed by atoms with Gasteiger partial charge >= 0.3 is 0 Å². The Balaban J connectivity index is 2.21. The number of anilines is 1. The molecule has 1 atom stereocenters. The van der Waals surface area contributed by atoms with Crippen molar-refractivity contribution in [2.75, 3.05) is 5.43 Å². The molecule has 1 aliphatic rings. The number of hydrazone groups is 1. The van der Waals surface area contributed by atoms with Crippen molar-refractivity contribution >= 4 is 17.1 Å². The molecular weight excluding hydrogens is 266 g/mol. The number of nitro groups is 1. The highest BCUT2D eigenvalue weighted by molar-refractivity contribution is 6.01. The van der Waals surface area contributed by atoms with E-state index in [9.17, 15) is 10.1 Å². The normalized spacial score (nSPS) is 20.0. The fourth-order valence-corrected chi connectivity index (χ4v) is 2.28. The first-order chi connectivity index (χ1) is 9.99. The molecule has 1 N–H and O–H groups in total. The van der Waals surface area contributed by atoms with Gasteiger partial charge in [0.2, 0.25) is 0 Å². The summed E-state index contributed by atoms with van der Waals surface area (Å²) in [5.41, 5.74) is 6.43. The van der Waals surface area contributed by atoms with Crippen molar-refractivity contribution < 1.29 is 4.92 Å². The van der Waals surface area contributed by atoms with Crippen molar-refractivity contribution in [1.29, 1.82) is 0 Å². The number of para-hydroxylation sites is 2. The average Bonchev–Trinajstić information content (AvgIpc) is 2.46. The highest BCUT2D eigenvalue weighted by Gasteiger charge is 2.19. The summed E-state index contributed by atoms with van der Waals surface area (Å²) in [6.45, 7) is 8.03. The van der Waals surface area contributed by atoms with Crippen LogP contribution in [0.1, 0.15) is 26.7 Å². The summed E-state index contributed by atoms with van der Waals surface area (Å²) < 4.78 is 0. The largest absolute Gasteiger partial charge is 0.294 e. The third-order valence-electron chi connectivity index (χ3n) is 3.71. The van der Waals surface area contributed by atoms with Crippen LogP contribution in [0, 0.1) is 16.0 Å². The second-order valence-electron chi connectivity index (χ2n) is 5.31. The molecule has 0 spiro atoms. The molecule has 110 valence electrons. The van der Waals surface area contributed by atoms with E-state index in [-0.39, 0.29) is 5.69 Å². The number of benzene rings is 1. The van der Waals surface area contributed by atoms with Crippen LogP contribution in [0.3, 0.4) is 0 Å². The van der Waals surface area contributed by atoms with Gasteiger partial charge in [-0.1, -0.05) is 30.4 Å². The van der Waals surface area contributed by atoms with Crippen LogP contribution < -0.4 is 5.43 Å². The minimum Gasteiger partial charge on any atom is -0.271 e. The summed E-state index contributed by atoms with van der Waals surface area (Å²) >= 11 is 0. The lowest BCUT2D eigenvalue weighted by Gasteiger charge is -2.22. The van der Waals surface area contributed by atoms with E-state index in [2.05, 4.69) is 23.2 Å². The Morgan fingerprint density at radius 1 is 1.48 bits per heavy atom. The predicted octanol–water partition coefficient (Wildman–Crippen LogP) is 4.30. The molecule has 0 aliphatic heterocycles. The fraction of sp³-hybridized carbons (Fsp3) is 0.312. The molecule has 0 unspecified atom stereocenters. The van der Waals surface area contributed by atoms with E-state index in [0.29, 0.717) is 11.6 Å². The quantitative estimate of drug-likeness (QED) is 0.509. The molecule has 0 amide bonds. The van der Waals surface area contributed by atoms with Gasteiger partial charge < -0.3 is 0 Å². The van der Waals surface area contributed by atoms with Gasteiger partial charge in [-0.25, -0.2) is 0 Å². The molecule has 21 heavy (non-hydrogen) atoms. The number of nitrogens with one attached hydrogen (secondary N) is 1. The standard InChI is InChI=1S/C16H19N3O2/c1-11(2)13-9-8-12(3)15(10-13)18-17-14-6-4-5-7-16(14)19(20)21/h4-8,13,17H,1,9-10H2,2-3H3/b18-15-/t13-/m0/s1. The molecule has 5 nitrogen and oxygen atoms in total. The molecule has 0 saturated heterocycles. The van der Waals surface area contributed by atoms with Gasteiger partial charge in [-0.2, -0.15) is 5.10 Å². The van der Waals surface area contributed by atoms with Gasteiger partial charge in [-0.15, -0.1) is 0 Å². The second-order valence-corrected chi connectivity index (χ2v) is 5.31. The van der Waals surface area contributed by atoms with E-state index in [1.807, 2.05) is 13.8 Å². The van der Waals surface area contributed by atoms with Crippen LogP contribution in [-0.4, -0.2) is 10.6 Å². The first kappa shape index (κ1) is 15.0. The molecule has 1 aromatic rings. The maximum absolute atomic E-state index is 11.0. The van der Waals surface area contributed by atoms with Crippen LogP contribution in [0.5, 0.6) is 0 Å². The van der Waals surface area contributed by atoms with Crippen LogP contribution in [0.15, 0.2) is 53.2 Å². The average molecular weight is 285 g/mol. The molecule has 1 aliphatic carbocycles. The molecule has 0 heterocycles. The molecule has 1 aromatic carbocycles. The number of nitro benzene ring substituents is 1. The van der Waals surface area contributed by atoms with E-state index >= 15 is 0 Å². The van der Waals surface area contributed by atoms with E-state index in [1.54, 1.807) is 18.2 Å². The van der Waals surface area contributed by atoms with E-state index in [4.69, 9.17) is 0 Å². The molecule has 5 heteroatoms. The van der Waals surface area contributed by atoms with Crippen molar-refractivity contribution in [3.05, 3.63) is 58.2 Å². The molecule has 0 bridgehead atoms. The van der Waals surface area contributed by atoms with Gasteiger partial charge in [-0.05, 0) is 44.2 Å². The third kappa shape index (κ3) is 3.56. The van der Waals surface area contributed by atoms with Crippen LogP contribution in [0.4, 0.5) is 11.4 Å². The summed E-state index contributed by atoms with van der Waals surface area (Å²) in [6, 6.07) is 6.50. The van der Waals surface area contributed by atoms with Crippen LogP contribution >= 0.6 is 0 Å². The van der Waals surface area contributed by atoms with Gasteiger partial charge in [-0.3, -0.25) is 15.5 Å². The Morgan fingerprint density at radius 3 is 2.86 bits per heavy atom. The summed E-state index contributed by atoms with van der Waals surface area (Å²) in [6.07, 6.45) is 3.93. The van der Waals surface area contributed by atoms with Gasteiger partial charge in [0.1, 0.15) is 5.69 Å². The Labute approximate surface area is 124 Å². The molecular formula is C16H19N3O2. The van der Waals surface area contributed by atoms with Gasteiger partial charge in [0, 0.05) is 6.07 Å². The van der Waals surface area contributed by atoms with Crippen LogP contribution in [0.2, 0.25) is 0 Å². The minimum atomic E-state index is -0.414. The lowest BCUT2D eigenvalue weighted by molar-refractivity contribution is -0.384. The lowest BCUT2D eigenvalue weighted by Crippen LogP contribution is -2.16. The third-order valence-corrected chi connectivity index (χ3v) is 3.71. The van der Waals surface area contributed by atoms with Crippen molar-refractivity contribution in [2.24, 2.45) is 11.0 Å². The topological polar surface area (TPSA) is 67.5 Å². The summed E-state index contributed by atoms with van der Waals surface area (Å²) in [7, 11) is 0. The zero-order chi connectivity index (χ0) is 15.4. The number of nitrogens with zero attached hydrogens (tertiary/aromatic N) is 2. The molecule has 0 radical (unpaired) electrons. The van der Waals surface area contributed by atoms with E-state index in [0.717, 1.165) is 29.7 Å². The zero-order valence-electron chi connectivity index (χ0n) is 12.3.